The van der Waals surface area contributed by atoms with Crippen molar-refractivity contribution in [2.75, 3.05) is 0 Å². The van der Waals surface area contributed by atoms with Crippen LogP contribution in [0.15, 0.2) is 0 Å². The van der Waals surface area contributed by atoms with Gasteiger partial charge in [-0.3, -0.25) is 4.18 Å². The molecular weight excluding hydrogens is 200 g/mol. The normalized spacial score (nSPS) is 12.5. The molecule has 1 nitrogen and oxygen atoms in total. The van der Waals surface area contributed by atoms with E-state index in [1.165, 1.54) is 12.8 Å². The van der Waals surface area contributed by atoms with E-state index in [9.17, 15) is 0 Å². The van der Waals surface area contributed by atoms with E-state index in [-0.39, 0.29) is 4.93 Å². The summed E-state index contributed by atoms with van der Waals surface area (Å²) in [5.74, 6) is 0. The summed E-state index contributed by atoms with van der Waals surface area (Å²) < 4.78 is 5.75. The predicted molar refractivity (Wildman–Crippen MR) is 65.3 cm³/mol. The fourth-order valence-corrected chi connectivity index (χ4v) is 1.90. The second kappa shape index (κ2) is 7.02. The molecule has 0 heterocycles. The van der Waals surface area contributed by atoms with Crippen LogP contribution in [-0.2, 0) is 4.18 Å². The maximum absolute atomic E-state index is 5.75. The van der Waals surface area contributed by atoms with Crippen molar-refractivity contribution >= 4 is 24.7 Å². The molecular formula is C10H22OS2. The van der Waals surface area contributed by atoms with Crippen LogP contribution >= 0.6 is 24.7 Å². The van der Waals surface area contributed by atoms with Crippen molar-refractivity contribution in [3.05, 3.63) is 0 Å². The van der Waals surface area contributed by atoms with Crippen LogP contribution < -0.4 is 0 Å². The lowest BCUT2D eigenvalue weighted by molar-refractivity contribution is 0.192. The van der Waals surface area contributed by atoms with E-state index < -0.39 is 0 Å². The standard InChI is InChI=1S/C10H22OS2/c1-5-9(6-2)13-11-10(12,7-3)8-4/h9,12H,5-8H2,1-4H3. The molecule has 0 aromatic carbocycles. The molecule has 80 valence electrons. The van der Waals surface area contributed by atoms with Crippen molar-refractivity contribution in [3.63, 3.8) is 0 Å². The average molecular weight is 222 g/mol. The van der Waals surface area contributed by atoms with Crippen LogP contribution in [0, 0.1) is 0 Å². The van der Waals surface area contributed by atoms with Gasteiger partial charge >= 0.3 is 0 Å². The lowest BCUT2D eigenvalue weighted by Gasteiger charge is -2.26. The zero-order chi connectivity index (χ0) is 10.3. The predicted octanol–water partition coefficient (Wildman–Crippen LogP) is 4.29. The van der Waals surface area contributed by atoms with E-state index >= 15 is 0 Å². The maximum atomic E-state index is 5.75. The Balaban J connectivity index is 3.83. The molecule has 0 aromatic heterocycles. The first-order chi connectivity index (χ1) is 6.11. The van der Waals surface area contributed by atoms with Crippen molar-refractivity contribution < 1.29 is 4.18 Å². The minimum absolute atomic E-state index is 0.229. The number of thiol groups is 1. The Kier molecular flexibility index (Phi) is 7.37. The van der Waals surface area contributed by atoms with Gasteiger partial charge in [0, 0.05) is 5.25 Å². The molecule has 0 aromatic rings. The van der Waals surface area contributed by atoms with Crippen LogP contribution in [0.2, 0.25) is 0 Å². The first-order valence-electron chi connectivity index (χ1n) is 5.18. The summed E-state index contributed by atoms with van der Waals surface area (Å²) in [6.07, 6.45) is 4.25. The first-order valence-corrected chi connectivity index (χ1v) is 6.43. The molecule has 0 fully saturated rings. The Morgan fingerprint density at radius 1 is 1.15 bits per heavy atom. The van der Waals surface area contributed by atoms with Crippen molar-refractivity contribution in [1.29, 1.82) is 0 Å². The van der Waals surface area contributed by atoms with Crippen molar-refractivity contribution in [2.45, 2.75) is 63.6 Å². The molecule has 0 rings (SSSR count). The Bertz CT molecular complexity index is 120. The number of hydrogen-bond donors (Lipinski definition) is 1. The van der Waals surface area contributed by atoms with Crippen LogP contribution in [0.1, 0.15) is 53.4 Å². The lowest BCUT2D eigenvalue weighted by Crippen LogP contribution is -2.21. The van der Waals surface area contributed by atoms with E-state index in [2.05, 4.69) is 40.3 Å². The summed E-state index contributed by atoms with van der Waals surface area (Å²) in [7, 11) is 0. The van der Waals surface area contributed by atoms with Crippen LogP contribution in [-0.4, -0.2) is 10.2 Å². The summed E-state index contributed by atoms with van der Waals surface area (Å²) in [4.78, 5) is -0.229. The molecule has 0 radical (unpaired) electrons. The fraction of sp³-hybridized carbons (Fsp3) is 1.00. The molecule has 0 aliphatic carbocycles. The SMILES string of the molecule is CCC(CC)SOC(S)(CC)CC. The topological polar surface area (TPSA) is 9.23 Å². The fourth-order valence-electron chi connectivity index (χ4n) is 0.950. The van der Waals surface area contributed by atoms with E-state index in [0.29, 0.717) is 5.25 Å². The number of rotatable bonds is 7. The summed E-state index contributed by atoms with van der Waals surface area (Å²) in [6.45, 7) is 8.62. The second-order valence-electron chi connectivity index (χ2n) is 3.27. The van der Waals surface area contributed by atoms with E-state index in [1.54, 1.807) is 12.0 Å². The average Bonchev–Trinajstić information content (AvgIpc) is 2.19. The maximum Gasteiger partial charge on any atom is 0.125 e. The molecule has 13 heavy (non-hydrogen) atoms. The first kappa shape index (κ1) is 13.7. The molecule has 3 heteroatoms. The third-order valence-electron chi connectivity index (χ3n) is 2.35. The molecule has 0 unspecified atom stereocenters. The molecule has 0 saturated heterocycles. The highest BCUT2D eigenvalue weighted by Crippen LogP contribution is 2.33. The van der Waals surface area contributed by atoms with Gasteiger partial charge in [-0.1, -0.05) is 27.7 Å². The van der Waals surface area contributed by atoms with Gasteiger partial charge in [-0.05, 0) is 37.7 Å². The van der Waals surface area contributed by atoms with Crippen LogP contribution in [0.25, 0.3) is 0 Å². The van der Waals surface area contributed by atoms with E-state index in [4.69, 9.17) is 4.18 Å². The summed E-state index contributed by atoms with van der Waals surface area (Å²) in [5, 5.41) is 0.615. The van der Waals surface area contributed by atoms with Crippen molar-refractivity contribution in [2.24, 2.45) is 0 Å². The van der Waals surface area contributed by atoms with Gasteiger partial charge in [0.15, 0.2) is 0 Å². The quantitative estimate of drug-likeness (QED) is 0.391. The molecule has 0 N–H and O–H groups in total. The highest BCUT2D eigenvalue weighted by molar-refractivity contribution is 7.96. The van der Waals surface area contributed by atoms with Crippen molar-refractivity contribution in [3.8, 4) is 0 Å². The van der Waals surface area contributed by atoms with Gasteiger partial charge in [0.05, 0.1) is 0 Å². The summed E-state index contributed by atoms with van der Waals surface area (Å²) in [5.41, 5.74) is 0. The summed E-state index contributed by atoms with van der Waals surface area (Å²) in [6, 6.07) is 0. The minimum Gasteiger partial charge on any atom is -0.298 e. The van der Waals surface area contributed by atoms with Gasteiger partial charge in [0.25, 0.3) is 0 Å². The zero-order valence-corrected chi connectivity index (χ0v) is 10.9. The number of hydrogen-bond acceptors (Lipinski definition) is 3. The van der Waals surface area contributed by atoms with Crippen molar-refractivity contribution in [1.82, 2.24) is 0 Å². The Hall–Kier alpha value is 0.660. The Labute approximate surface area is 92.6 Å². The van der Waals surface area contributed by atoms with Crippen LogP contribution in [0.4, 0.5) is 0 Å². The van der Waals surface area contributed by atoms with Gasteiger partial charge in [-0.15, -0.1) is 12.6 Å². The highest BCUT2D eigenvalue weighted by atomic mass is 32.2. The van der Waals surface area contributed by atoms with E-state index in [0.717, 1.165) is 12.8 Å². The molecule has 0 amide bonds. The lowest BCUT2D eigenvalue weighted by atomic mass is 10.2. The van der Waals surface area contributed by atoms with Gasteiger partial charge in [0.1, 0.15) is 4.93 Å². The molecule has 0 bridgehead atoms. The monoisotopic (exact) mass is 222 g/mol. The van der Waals surface area contributed by atoms with Crippen LogP contribution in [0.5, 0.6) is 0 Å². The largest absolute Gasteiger partial charge is 0.298 e. The molecule has 0 aliphatic heterocycles. The minimum atomic E-state index is -0.229. The Morgan fingerprint density at radius 3 is 1.92 bits per heavy atom. The van der Waals surface area contributed by atoms with Gasteiger partial charge < -0.3 is 0 Å². The second-order valence-corrected chi connectivity index (χ2v) is 5.11. The molecule has 0 atom stereocenters. The molecule has 0 saturated carbocycles. The third kappa shape index (κ3) is 5.18. The molecule has 0 aliphatic rings. The van der Waals surface area contributed by atoms with Gasteiger partial charge in [0.2, 0.25) is 0 Å². The highest BCUT2D eigenvalue weighted by Gasteiger charge is 2.23. The molecule has 0 spiro atoms. The van der Waals surface area contributed by atoms with Gasteiger partial charge in [-0.2, -0.15) is 0 Å². The van der Waals surface area contributed by atoms with Crippen LogP contribution in [0.3, 0.4) is 0 Å². The van der Waals surface area contributed by atoms with Gasteiger partial charge in [-0.25, -0.2) is 0 Å². The summed E-state index contributed by atoms with van der Waals surface area (Å²) >= 11 is 6.13. The zero-order valence-electron chi connectivity index (χ0n) is 9.17. The third-order valence-corrected chi connectivity index (χ3v) is 4.56. The smallest absolute Gasteiger partial charge is 0.125 e. The van der Waals surface area contributed by atoms with E-state index in [1.807, 2.05) is 0 Å². The Morgan fingerprint density at radius 2 is 1.62 bits per heavy atom.